The maximum absolute atomic E-state index is 13.3. The molecule has 0 radical (unpaired) electrons. The van der Waals surface area contributed by atoms with Gasteiger partial charge < -0.3 is 15.0 Å². The van der Waals surface area contributed by atoms with Crippen molar-refractivity contribution in [2.24, 2.45) is 0 Å². The number of likely N-dealkylation sites (tertiary alicyclic amines) is 2. The zero-order valence-electron chi connectivity index (χ0n) is 22.7. The first-order valence-corrected chi connectivity index (χ1v) is 13.9. The highest BCUT2D eigenvalue weighted by atomic mass is 16.5. The van der Waals surface area contributed by atoms with Crippen LogP contribution in [-0.2, 0) is 11.3 Å². The number of nitrogens with one attached hydrogen (secondary N) is 2. The Bertz CT molecular complexity index is 1460. The highest BCUT2D eigenvalue weighted by molar-refractivity contribution is 6.06. The van der Waals surface area contributed by atoms with Crippen molar-refractivity contribution in [2.45, 2.75) is 45.3 Å². The first-order chi connectivity index (χ1) is 19.0. The molecule has 0 spiro atoms. The van der Waals surface area contributed by atoms with Crippen molar-refractivity contribution in [3.63, 3.8) is 0 Å². The van der Waals surface area contributed by atoms with Crippen molar-refractivity contribution < 1.29 is 9.53 Å². The Morgan fingerprint density at radius 2 is 1.95 bits per heavy atom. The van der Waals surface area contributed by atoms with Gasteiger partial charge in [0.15, 0.2) is 5.69 Å². The van der Waals surface area contributed by atoms with E-state index in [-0.39, 0.29) is 12.0 Å². The number of fused-ring (bicyclic) bond motifs is 1. The summed E-state index contributed by atoms with van der Waals surface area (Å²) in [5.74, 6) is 0.668. The number of allylic oxidation sites excluding steroid dienone is 4. The highest BCUT2D eigenvalue weighted by Crippen LogP contribution is 2.27. The van der Waals surface area contributed by atoms with Gasteiger partial charge in [-0.3, -0.25) is 19.8 Å². The number of amides is 1. The molecule has 0 unspecified atom stereocenters. The number of benzene rings is 1. The second kappa shape index (κ2) is 11.2. The number of pyridine rings is 1. The molecule has 8 heteroatoms. The molecule has 1 amide bonds. The van der Waals surface area contributed by atoms with Crippen LogP contribution in [0.1, 0.15) is 48.7 Å². The van der Waals surface area contributed by atoms with E-state index in [2.05, 4.69) is 50.3 Å². The maximum atomic E-state index is 13.3. The summed E-state index contributed by atoms with van der Waals surface area (Å²) in [5, 5.41) is 11.2. The molecule has 2 N–H and O–H groups in total. The Morgan fingerprint density at radius 1 is 1.10 bits per heavy atom. The molecule has 4 heterocycles. The van der Waals surface area contributed by atoms with Gasteiger partial charge in [0, 0.05) is 48.7 Å². The van der Waals surface area contributed by atoms with E-state index in [1.807, 2.05) is 48.8 Å². The van der Waals surface area contributed by atoms with Crippen molar-refractivity contribution >= 4 is 16.8 Å². The molecule has 202 valence electrons. The molecule has 0 atom stereocenters. The quantitative estimate of drug-likeness (QED) is 0.462. The molecule has 2 fully saturated rings. The van der Waals surface area contributed by atoms with Gasteiger partial charge in [0.2, 0.25) is 0 Å². The number of hydrogen-bond donors (Lipinski definition) is 2. The summed E-state index contributed by atoms with van der Waals surface area (Å²) in [7, 11) is 2.15. The van der Waals surface area contributed by atoms with E-state index < -0.39 is 0 Å². The minimum Gasteiger partial charge on any atom is -0.490 e. The van der Waals surface area contributed by atoms with Gasteiger partial charge in [-0.15, -0.1) is 0 Å². The van der Waals surface area contributed by atoms with Crippen LogP contribution in [0.4, 0.5) is 0 Å². The van der Waals surface area contributed by atoms with Crippen molar-refractivity contribution in [3.8, 4) is 11.1 Å². The van der Waals surface area contributed by atoms with E-state index in [0.29, 0.717) is 5.69 Å². The number of carbonyl (C=O) groups is 1. The molecule has 3 aromatic rings. The Labute approximate surface area is 229 Å². The third kappa shape index (κ3) is 5.82. The summed E-state index contributed by atoms with van der Waals surface area (Å²) in [4.78, 5) is 22.6. The second-order valence-corrected chi connectivity index (χ2v) is 11.0. The van der Waals surface area contributed by atoms with E-state index in [1.165, 1.54) is 12.0 Å². The van der Waals surface area contributed by atoms with Crippen molar-refractivity contribution in [2.75, 3.05) is 33.2 Å². The molecule has 8 nitrogen and oxygen atoms in total. The maximum Gasteiger partial charge on any atom is 0.276 e. The number of rotatable bonds is 7. The number of H-pyrrole nitrogens is 1. The number of aromatic amines is 1. The summed E-state index contributed by atoms with van der Waals surface area (Å²) in [6.45, 7) is 7.42. The van der Waals surface area contributed by atoms with Gasteiger partial charge in [-0.2, -0.15) is 5.10 Å². The van der Waals surface area contributed by atoms with Crippen molar-refractivity contribution in [1.82, 2.24) is 30.3 Å². The van der Waals surface area contributed by atoms with Gasteiger partial charge in [-0.25, -0.2) is 0 Å². The minimum atomic E-state index is -0.240. The zero-order chi connectivity index (χ0) is 26.8. The van der Waals surface area contributed by atoms with Crippen molar-refractivity contribution in [1.29, 1.82) is 0 Å². The third-order valence-electron chi connectivity index (χ3n) is 7.94. The van der Waals surface area contributed by atoms with Crippen LogP contribution in [0.25, 0.3) is 22.0 Å². The number of piperidine rings is 1. The molecule has 1 aliphatic carbocycles. The Balaban J connectivity index is 1.16. The van der Waals surface area contributed by atoms with Gasteiger partial charge in [-0.1, -0.05) is 12.1 Å². The first-order valence-electron chi connectivity index (χ1n) is 13.9. The molecule has 0 saturated carbocycles. The molecule has 39 heavy (non-hydrogen) atoms. The lowest BCUT2D eigenvalue weighted by Crippen LogP contribution is -2.36. The topological polar surface area (TPSA) is 86.4 Å². The lowest BCUT2D eigenvalue weighted by atomic mass is 10.0. The average molecular weight is 525 g/mol. The Hall–Kier alpha value is -3.75. The fourth-order valence-corrected chi connectivity index (χ4v) is 5.34. The summed E-state index contributed by atoms with van der Waals surface area (Å²) in [6, 6.07) is 8.23. The summed E-state index contributed by atoms with van der Waals surface area (Å²) >= 11 is 0. The standard InChI is InChI=1S/C31H36N6O2/c1-21-4-6-25(7-9-29(21)39-26-10-14-36(2)15-11-26)33-31(38)30-27-17-23(5-8-28(27)34-35-30)24-16-22(18-32-19-24)20-37-12-3-13-37/h5-9,16-19,26H,3-4,10-15,20H2,1-2H3,(H,33,38)(H,34,35). The van der Waals surface area contributed by atoms with Gasteiger partial charge in [0.25, 0.3) is 5.91 Å². The van der Waals surface area contributed by atoms with Crippen LogP contribution in [0.15, 0.2) is 71.9 Å². The summed E-state index contributed by atoms with van der Waals surface area (Å²) in [5.41, 5.74) is 6.36. The van der Waals surface area contributed by atoms with Crippen LogP contribution in [0.2, 0.25) is 0 Å². The lowest BCUT2D eigenvalue weighted by molar-refractivity contribution is 0.0626. The number of hydrogen-bond acceptors (Lipinski definition) is 6. The normalized spacial score (nSPS) is 19.1. The molecular weight excluding hydrogens is 488 g/mol. The molecule has 1 aromatic carbocycles. The number of ether oxygens (including phenoxy) is 1. The van der Waals surface area contributed by atoms with Gasteiger partial charge in [0.05, 0.1) is 5.52 Å². The van der Waals surface area contributed by atoms with Gasteiger partial charge in [0.1, 0.15) is 11.9 Å². The SMILES string of the molecule is CC1=C(OC2CCN(C)CC2)C=CC(NC(=O)c2n[nH]c3ccc(-c4cncc(CN5CCC5)c4)cc23)=CC1. The molecule has 2 saturated heterocycles. The van der Waals surface area contributed by atoms with E-state index in [1.54, 1.807) is 0 Å². The van der Waals surface area contributed by atoms with Crippen LogP contribution in [-0.4, -0.2) is 70.2 Å². The fourth-order valence-electron chi connectivity index (χ4n) is 5.34. The van der Waals surface area contributed by atoms with E-state index in [0.717, 1.165) is 91.0 Å². The summed E-state index contributed by atoms with van der Waals surface area (Å²) in [6.07, 6.45) is 14.0. The van der Waals surface area contributed by atoms with Crippen molar-refractivity contribution in [3.05, 3.63) is 83.2 Å². The van der Waals surface area contributed by atoms with Crippen LogP contribution in [0.5, 0.6) is 0 Å². The Morgan fingerprint density at radius 3 is 2.74 bits per heavy atom. The van der Waals surface area contributed by atoms with Crippen LogP contribution in [0, 0.1) is 0 Å². The minimum absolute atomic E-state index is 0.239. The van der Waals surface area contributed by atoms with E-state index >= 15 is 0 Å². The fraction of sp³-hybridized carbons (Fsp3) is 0.387. The largest absolute Gasteiger partial charge is 0.490 e. The van der Waals surface area contributed by atoms with E-state index in [4.69, 9.17) is 4.74 Å². The predicted molar refractivity (Wildman–Crippen MR) is 153 cm³/mol. The molecule has 2 aliphatic heterocycles. The zero-order valence-corrected chi connectivity index (χ0v) is 22.7. The van der Waals surface area contributed by atoms with E-state index in [9.17, 15) is 4.79 Å². The third-order valence-corrected chi connectivity index (χ3v) is 7.94. The highest BCUT2D eigenvalue weighted by Gasteiger charge is 2.21. The molecular formula is C31H36N6O2. The summed E-state index contributed by atoms with van der Waals surface area (Å²) < 4.78 is 6.35. The number of nitrogens with zero attached hydrogens (tertiary/aromatic N) is 4. The molecule has 0 bridgehead atoms. The second-order valence-electron chi connectivity index (χ2n) is 11.0. The van der Waals surface area contributed by atoms with Crippen LogP contribution >= 0.6 is 0 Å². The smallest absolute Gasteiger partial charge is 0.276 e. The lowest BCUT2D eigenvalue weighted by Gasteiger charge is -2.30. The predicted octanol–water partition coefficient (Wildman–Crippen LogP) is 4.79. The van der Waals surface area contributed by atoms with Crippen LogP contribution < -0.4 is 5.32 Å². The number of aromatic nitrogens is 3. The Kier molecular flexibility index (Phi) is 7.30. The average Bonchev–Trinajstić information content (AvgIpc) is 3.28. The van der Waals surface area contributed by atoms with Gasteiger partial charge in [-0.05, 0) is 99.8 Å². The van der Waals surface area contributed by atoms with Gasteiger partial charge >= 0.3 is 0 Å². The number of carbonyl (C=O) groups excluding carboxylic acids is 1. The van der Waals surface area contributed by atoms with Crippen LogP contribution in [0.3, 0.4) is 0 Å². The molecule has 2 aromatic heterocycles. The first kappa shape index (κ1) is 25.5. The monoisotopic (exact) mass is 524 g/mol. The molecule has 6 rings (SSSR count). The molecule has 3 aliphatic rings.